The normalized spacial score (nSPS) is 11.2. The molecule has 3 aromatic rings. The summed E-state index contributed by atoms with van der Waals surface area (Å²) in [7, 11) is 0. The lowest BCUT2D eigenvalue weighted by atomic mass is 10.0. The van der Waals surface area contributed by atoms with Crippen LogP contribution in [0.1, 0.15) is 27.5 Å². The zero-order chi connectivity index (χ0) is 18.4. The second kappa shape index (κ2) is 7.77. The van der Waals surface area contributed by atoms with Gasteiger partial charge in [0.25, 0.3) is 11.8 Å². The third-order valence-corrected chi connectivity index (χ3v) is 3.68. The summed E-state index contributed by atoms with van der Waals surface area (Å²) in [6.07, 6.45) is 1.51. The third-order valence-electron chi connectivity index (χ3n) is 3.68. The lowest BCUT2D eigenvalue weighted by molar-refractivity contribution is -0.118. The molecule has 1 atom stereocenters. The summed E-state index contributed by atoms with van der Waals surface area (Å²) in [5.74, 6) is -0.433. The Morgan fingerprint density at radius 2 is 1.88 bits per heavy atom. The zero-order valence-electron chi connectivity index (χ0n) is 13.6. The molecule has 0 unspecified atom stereocenters. The van der Waals surface area contributed by atoms with Gasteiger partial charge >= 0.3 is 0 Å². The first-order valence-electron chi connectivity index (χ1n) is 7.83. The summed E-state index contributed by atoms with van der Waals surface area (Å²) in [4.78, 5) is 25.3. The largest absolute Gasteiger partial charge is 0.336 e. The number of amides is 2. The van der Waals surface area contributed by atoms with Gasteiger partial charge in [-0.3, -0.25) is 14.7 Å². The van der Waals surface area contributed by atoms with Crippen LogP contribution in [-0.2, 0) is 4.79 Å². The van der Waals surface area contributed by atoms with Crippen molar-refractivity contribution in [3.63, 3.8) is 0 Å². The second-order valence-corrected chi connectivity index (χ2v) is 5.47. The lowest BCUT2D eigenvalue weighted by Crippen LogP contribution is -2.37. The standard InChI is InChI=1S/C19H15N5O2/c20-12-13-5-4-8-15(11-13)18(25)23-17(14-6-2-1-3-7-14)19(26)22-16-9-10-21-24-16/h1-11,17H,(H,23,25)(H2,21,22,24,26)/t17-/m0/s1. The molecule has 7 heteroatoms. The van der Waals surface area contributed by atoms with Gasteiger partial charge in [-0.15, -0.1) is 0 Å². The van der Waals surface area contributed by atoms with Gasteiger partial charge in [-0.1, -0.05) is 36.4 Å². The molecule has 7 nitrogen and oxygen atoms in total. The number of anilines is 1. The number of hydrogen-bond acceptors (Lipinski definition) is 4. The number of H-pyrrole nitrogens is 1. The van der Waals surface area contributed by atoms with E-state index in [1.54, 1.807) is 48.5 Å². The molecule has 1 heterocycles. The molecule has 0 aliphatic rings. The summed E-state index contributed by atoms with van der Waals surface area (Å²) in [5, 5.41) is 20.8. The van der Waals surface area contributed by atoms with Crippen LogP contribution < -0.4 is 10.6 Å². The van der Waals surface area contributed by atoms with Crippen LogP contribution >= 0.6 is 0 Å². The van der Waals surface area contributed by atoms with Crippen molar-refractivity contribution in [2.75, 3.05) is 5.32 Å². The van der Waals surface area contributed by atoms with Gasteiger partial charge in [-0.2, -0.15) is 10.4 Å². The van der Waals surface area contributed by atoms with Gasteiger partial charge in [0, 0.05) is 11.6 Å². The molecule has 0 radical (unpaired) electrons. The predicted molar refractivity (Wildman–Crippen MR) is 95.0 cm³/mol. The van der Waals surface area contributed by atoms with E-state index in [2.05, 4.69) is 20.8 Å². The summed E-state index contributed by atoms with van der Waals surface area (Å²) >= 11 is 0. The molecule has 3 N–H and O–H groups in total. The van der Waals surface area contributed by atoms with Crippen LogP contribution in [0.3, 0.4) is 0 Å². The quantitative estimate of drug-likeness (QED) is 0.659. The van der Waals surface area contributed by atoms with Crippen LogP contribution in [0, 0.1) is 11.3 Å². The number of nitriles is 1. The first-order chi connectivity index (χ1) is 12.7. The Morgan fingerprint density at radius 3 is 2.58 bits per heavy atom. The van der Waals surface area contributed by atoms with E-state index in [4.69, 9.17) is 5.26 Å². The van der Waals surface area contributed by atoms with E-state index in [0.717, 1.165) is 0 Å². The van der Waals surface area contributed by atoms with E-state index in [0.29, 0.717) is 22.5 Å². The van der Waals surface area contributed by atoms with Crippen molar-refractivity contribution in [2.45, 2.75) is 6.04 Å². The molecular formula is C19H15N5O2. The van der Waals surface area contributed by atoms with Gasteiger partial charge in [-0.05, 0) is 23.8 Å². The van der Waals surface area contributed by atoms with Crippen molar-refractivity contribution >= 4 is 17.6 Å². The molecule has 0 saturated carbocycles. The van der Waals surface area contributed by atoms with Gasteiger partial charge in [0.1, 0.15) is 11.9 Å². The maximum atomic E-state index is 12.7. The van der Waals surface area contributed by atoms with Crippen LogP contribution in [0.15, 0.2) is 66.9 Å². The van der Waals surface area contributed by atoms with Gasteiger partial charge < -0.3 is 10.6 Å². The van der Waals surface area contributed by atoms with Crippen LogP contribution in [-0.4, -0.2) is 22.0 Å². The van der Waals surface area contributed by atoms with Gasteiger partial charge in [0.2, 0.25) is 0 Å². The number of carbonyl (C=O) groups excluding carboxylic acids is 2. The number of hydrogen-bond donors (Lipinski definition) is 3. The first kappa shape index (κ1) is 16.9. The Labute approximate surface area is 149 Å². The number of benzene rings is 2. The molecule has 0 aliphatic heterocycles. The van der Waals surface area contributed by atoms with E-state index in [9.17, 15) is 9.59 Å². The summed E-state index contributed by atoms with van der Waals surface area (Å²) < 4.78 is 0. The smallest absolute Gasteiger partial charge is 0.252 e. The van der Waals surface area contributed by atoms with Crippen LogP contribution in [0.2, 0.25) is 0 Å². The summed E-state index contributed by atoms with van der Waals surface area (Å²) in [6.45, 7) is 0. The monoisotopic (exact) mass is 345 g/mol. The van der Waals surface area contributed by atoms with Gasteiger partial charge in [-0.25, -0.2) is 0 Å². The van der Waals surface area contributed by atoms with E-state index in [1.165, 1.54) is 12.3 Å². The number of nitrogens with one attached hydrogen (secondary N) is 3. The van der Waals surface area contributed by atoms with Crippen molar-refractivity contribution in [3.05, 3.63) is 83.6 Å². The maximum absolute atomic E-state index is 12.7. The van der Waals surface area contributed by atoms with E-state index < -0.39 is 17.9 Å². The fraction of sp³-hybridized carbons (Fsp3) is 0.0526. The van der Waals surface area contributed by atoms with Crippen molar-refractivity contribution in [3.8, 4) is 6.07 Å². The maximum Gasteiger partial charge on any atom is 0.252 e. The minimum absolute atomic E-state index is 0.305. The minimum Gasteiger partial charge on any atom is -0.336 e. The van der Waals surface area contributed by atoms with Crippen molar-refractivity contribution in [2.24, 2.45) is 0 Å². The Bertz CT molecular complexity index is 946. The molecule has 3 rings (SSSR count). The number of nitrogens with zero attached hydrogens (tertiary/aromatic N) is 2. The highest BCUT2D eigenvalue weighted by molar-refractivity contribution is 6.01. The number of carbonyl (C=O) groups is 2. The van der Waals surface area contributed by atoms with Crippen molar-refractivity contribution in [1.82, 2.24) is 15.5 Å². The number of aromatic nitrogens is 2. The number of rotatable bonds is 5. The fourth-order valence-electron chi connectivity index (χ4n) is 2.42. The molecule has 0 fully saturated rings. The van der Waals surface area contributed by atoms with E-state index in [-0.39, 0.29) is 0 Å². The zero-order valence-corrected chi connectivity index (χ0v) is 13.6. The third kappa shape index (κ3) is 3.94. The minimum atomic E-state index is -0.905. The topological polar surface area (TPSA) is 111 Å². The van der Waals surface area contributed by atoms with Crippen LogP contribution in [0.5, 0.6) is 0 Å². The Balaban J connectivity index is 1.84. The van der Waals surface area contributed by atoms with Crippen LogP contribution in [0.4, 0.5) is 5.82 Å². The van der Waals surface area contributed by atoms with Crippen molar-refractivity contribution in [1.29, 1.82) is 5.26 Å². The van der Waals surface area contributed by atoms with Crippen LogP contribution in [0.25, 0.3) is 0 Å². The Kier molecular flexibility index (Phi) is 5.05. The average Bonchev–Trinajstić information content (AvgIpc) is 3.19. The molecule has 1 aromatic heterocycles. The summed E-state index contributed by atoms with van der Waals surface area (Å²) in [6, 6.07) is 17.9. The second-order valence-electron chi connectivity index (χ2n) is 5.47. The SMILES string of the molecule is N#Cc1cccc(C(=O)N[C@H](C(=O)Nc2ccn[nH]2)c2ccccc2)c1. The molecule has 0 spiro atoms. The summed E-state index contributed by atoms with van der Waals surface area (Å²) in [5.41, 5.74) is 1.31. The fourth-order valence-corrected chi connectivity index (χ4v) is 2.42. The predicted octanol–water partition coefficient (Wildman–Crippen LogP) is 2.39. The molecule has 128 valence electrons. The molecule has 0 aliphatic carbocycles. The molecule has 0 bridgehead atoms. The van der Waals surface area contributed by atoms with E-state index >= 15 is 0 Å². The molecular weight excluding hydrogens is 330 g/mol. The molecule has 2 aromatic carbocycles. The highest BCUT2D eigenvalue weighted by Crippen LogP contribution is 2.16. The number of aromatic amines is 1. The molecule has 0 saturated heterocycles. The highest BCUT2D eigenvalue weighted by atomic mass is 16.2. The van der Waals surface area contributed by atoms with Gasteiger partial charge in [0.05, 0.1) is 17.8 Å². The highest BCUT2D eigenvalue weighted by Gasteiger charge is 2.23. The lowest BCUT2D eigenvalue weighted by Gasteiger charge is -2.18. The molecule has 26 heavy (non-hydrogen) atoms. The Hall–Kier alpha value is -3.92. The van der Waals surface area contributed by atoms with E-state index in [1.807, 2.05) is 12.1 Å². The molecule has 2 amide bonds. The van der Waals surface area contributed by atoms with Gasteiger partial charge in [0.15, 0.2) is 0 Å². The average molecular weight is 345 g/mol. The van der Waals surface area contributed by atoms with Crippen molar-refractivity contribution < 1.29 is 9.59 Å². The Morgan fingerprint density at radius 1 is 1.08 bits per heavy atom. The first-order valence-corrected chi connectivity index (χ1v) is 7.83.